The lowest BCUT2D eigenvalue weighted by atomic mass is 10.4. The standard InChI is InChI=1S/C10H17N3O3S/c1-6(2)13-9(11)5-8(12-13)10(14)17(15,16)7(3)4/h5-7H,11H2,1-4H3. The molecule has 96 valence electrons. The normalized spacial score (nSPS) is 12.4. The Morgan fingerprint density at radius 3 is 2.24 bits per heavy atom. The van der Waals surface area contributed by atoms with E-state index >= 15 is 0 Å². The fraction of sp³-hybridized carbons (Fsp3) is 0.600. The smallest absolute Gasteiger partial charge is 0.297 e. The molecule has 0 amide bonds. The van der Waals surface area contributed by atoms with Gasteiger partial charge in [0.15, 0.2) is 0 Å². The zero-order valence-corrected chi connectivity index (χ0v) is 11.2. The van der Waals surface area contributed by atoms with Crippen LogP contribution in [0.25, 0.3) is 0 Å². The van der Waals surface area contributed by atoms with Crippen molar-refractivity contribution in [3.63, 3.8) is 0 Å². The number of anilines is 1. The quantitative estimate of drug-likeness (QED) is 0.874. The molecule has 1 aromatic rings. The van der Waals surface area contributed by atoms with Crippen molar-refractivity contribution in [3.05, 3.63) is 11.8 Å². The fourth-order valence-corrected chi connectivity index (χ4v) is 2.10. The Kier molecular flexibility index (Phi) is 3.61. The van der Waals surface area contributed by atoms with Gasteiger partial charge in [0.1, 0.15) is 11.5 Å². The van der Waals surface area contributed by atoms with Gasteiger partial charge < -0.3 is 5.73 Å². The maximum absolute atomic E-state index is 11.8. The van der Waals surface area contributed by atoms with Crippen LogP contribution in [-0.2, 0) is 9.84 Å². The molecule has 0 saturated heterocycles. The van der Waals surface area contributed by atoms with Gasteiger partial charge in [0.2, 0.25) is 9.84 Å². The average molecular weight is 259 g/mol. The number of carbonyl (C=O) groups is 1. The lowest BCUT2D eigenvalue weighted by molar-refractivity contribution is 0.107. The van der Waals surface area contributed by atoms with Gasteiger partial charge in [-0.2, -0.15) is 5.10 Å². The first-order valence-electron chi connectivity index (χ1n) is 5.31. The minimum atomic E-state index is -3.83. The minimum Gasteiger partial charge on any atom is -0.384 e. The van der Waals surface area contributed by atoms with Crippen molar-refractivity contribution >= 4 is 20.8 Å². The van der Waals surface area contributed by atoms with Gasteiger partial charge in [0, 0.05) is 12.1 Å². The predicted octanol–water partition coefficient (Wildman–Crippen LogP) is 1.01. The Morgan fingerprint density at radius 1 is 1.35 bits per heavy atom. The second-order valence-electron chi connectivity index (χ2n) is 4.37. The molecule has 0 radical (unpaired) electrons. The first-order chi connectivity index (χ1) is 7.67. The zero-order valence-electron chi connectivity index (χ0n) is 10.3. The molecule has 0 spiro atoms. The Balaban J connectivity index is 3.20. The van der Waals surface area contributed by atoms with Gasteiger partial charge >= 0.3 is 0 Å². The van der Waals surface area contributed by atoms with E-state index in [1.807, 2.05) is 13.8 Å². The van der Waals surface area contributed by atoms with Crippen LogP contribution < -0.4 is 5.73 Å². The molecule has 1 rings (SSSR count). The Labute approximate surface area is 101 Å². The number of carbonyl (C=O) groups excluding carboxylic acids is 1. The third-order valence-corrected chi connectivity index (χ3v) is 4.31. The number of hydrogen-bond donors (Lipinski definition) is 1. The maximum Gasteiger partial charge on any atom is 0.297 e. The van der Waals surface area contributed by atoms with Crippen molar-refractivity contribution in [1.82, 2.24) is 9.78 Å². The lowest BCUT2D eigenvalue weighted by Gasteiger charge is -2.06. The number of sulfone groups is 1. The van der Waals surface area contributed by atoms with Gasteiger partial charge in [0.05, 0.1) is 5.25 Å². The molecule has 0 aliphatic carbocycles. The molecule has 0 saturated carbocycles. The summed E-state index contributed by atoms with van der Waals surface area (Å²) in [5.41, 5.74) is 5.53. The van der Waals surface area contributed by atoms with Crippen molar-refractivity contribution < 1.29 is 13.2 Å². The predicted molar refractivity (Wildman–Crippen MR) is 65.4 cm³/mol. The number of nitrogens with two attached hydrogens (primary N) is 1. The molecule has 0 aromatic carbocycles. The average Bonchev–Trinajstić information content (AvgIpc) is 2.58. The number of aromatic nitrogens is 2. The topological polar surface area (TPSA) is 95.0 Å². The van der Waals surface area contributed by atoms with E-state index in [9.17, 15) is 13.2 Å². The second-order valence-corrected chi connectivity index (χ2v) is 6.78. The molecule has 0 bridgehead atoms. The fourth-order valence-electron chi connectivity index (χ4n) is 1.28. The molecule has 1 aromatic heterocycles. The molecular formula is C10H17N3O3S. The Hall–Kier alpha value is -1.37. The van der Waals surface area contributed by atoms with Gasteiger partial charge in [-0.25, -0.2) is 13.1 Å². The SMILES string of the molecule is CC(C)n1nc(C(=O)S(=O)(=O)C(C)C)cc1N. The van der Waals surface area contributed by atoms with Crippen LogP contribution in [0.3, 0.4) is 0 Å². The van der Waals surface area contributed by atoms with Crippen molar-refractivity contribution in [2.45, 2.75) is 39.0 Å². The van der Waals surface area contributed by atoms with Crippen molar-refractivity contribution in [1.29, 1.82) is 0 Å². The summed E-state index contributed by atoms with van der Waals surface area (Å²) >= 11 is 0. The van der Waals surface area contributed by atoms with Crippen LogP contribution in [0.2, 0.25) is 0 Å². The monoisotopic (exact) mass is 259 g/mol. The summed E-state index contributed by atoms with van der Waals surface area (Å²) < 4.78 is 24.8. The summed E-state index contributed by atoms with van der Waals surface area (Å²) in [4.78, 5) is 11.8. The van der Waals surface area contributed by atoms with E-state index in [-0.39, 0.29) is 17.6 Å². The molecule has 0 unspecified atom stereocenters. The van der Waals surface area contributed by atoms with Gasteiger partial charge in [-0.1, -0.05) is 0 Å². The third kappa shape index (κ3) is 2.49. The Morgan fingerprint density at radius 2 is 1.88 bits per heavy atom. The van der Waals surface area contributed by atoms with Crippen LogP contribution in [0.5, 0.6) is 0 Å². The maximum atomic E-state index is 11.8. The third-order valence-electron chi connectivity index (χ3n) is 2.34. The van der Waals surface area contributed by atoms with E-state index in [1.54, 1.807) is 0 Å². The molecule has 2 N–H and O–H groups in total. The molecule has 0 atom stereocenters. The zero-order chi connectivity index (χ0) is 13.4. The van der Waals surface area contributed by atoms with Crippen molar-refractivity contribution in [2.75, 3.05) is 5.73 Å². The first-order valence-corrected chi connectivity index (χ1v) is 6.85. The van der Waals surface area contributed by atoms with Gasteiger partial charge in [-0.05, 0) is 27.7 Å². The summed E-state index contributed by atoms with van der Waals surface area (Å²) in [6.45, 7) is 6.59. The summed E-state index contributed by atoms with van der Waals surface area (Å²) in [5, 5.41) is 2.18. The summed E-state index contributed by atoms with van der Waals surface area (Å²) in [5.74, 6) is 0.280. The van der Waals surface area contributed by atoms with Crippen LogP contribution in [0.1, 0.15) is 44.2 Å². The van der Waals surface area contributed by atoms with Crippen molar-refractivity contribution in [3.8, 4) is 0 Å². The Bertz CT molecular complexity index is 529. The van der Waals surface area contributed by atoms with Gasteiger partial charge in [-0.3, -0.25) is 4.79 Å². The highest BCUT2D eigenvalue weighted by Gasteiger charge is 2.30. The number of nitrogens with zero attached hydrogens (tertiary/aromatic N) is 2. The van der Waals surface area contributed by atoms with E-state index < -0.39 is 20.2 Å². The minimum absolute atomic E-state index is 0.0293. The highest BCUT2D eigenvalue weighted by molar-refractivity contribution is 8.07. The highest BCUT2D eigenvalue weighted by atomic mass is 32.2. The molecule has 0 fully saturated rings. The molecule has 0 aliphatic rings. The second kappa shape index (κ2) is 4.48. The van der Waals surface area contributed by atoms with Crippen molar-refractivity contribution in [2.24, 2.45) is 0 Å². The van der Waals surface area contributed by atoms with E-state index in [0.29, 0.717) is 0 Å². The summed E-state index contributed by atoms with van der Waals surface area (Å²) in [7, 11) is -3.83. The van der Waals surface area contributed by atoms with Crippen LogP contribution in [0.4, 0.5) is 5.82 Å². The highest BCUT2D eigenvalue weighted by Crippen LogP contribution is 2.16. The number of nitrogen functional groups attached to an aromatic ring is 1. The van der Waals surface area contributed by atoms with E-state index in [0.717, 1.165) is 0 Å². The van der Waals surface area contributed by atoms with Crippen LogP contribution >= 0.6 is 0 Å². The summed E-state index contributed by atoms with van der Waals surface area (Å²) in [6.07, 6.45) is 0. The lowest BCUT2D eigenvalue weighted by Crippen LogP contribution is -2.24. The summed E-state index contributed by atoms with van der Waals surface area (Å²) in [6, 6.07) is 1.26. The van der Waals surface area contributed by atoms with E-state index in [1.165, 1.54) is 24.6 Å². The van der Waals surface area contributed by atoms with Crippen LogP contribution in [0, 0.1) is 0 Å². The molecule has 0 aliphatic heterocycles. The van der Waals surface area contributed by atoms with Crippen LogP contribution in [-0.4, -0.2) is 28.6 Å². The first kappa shape index (κ1) is 13.7. The molecule has 17 heavy (non-hydrogen) atoms. The molecule has 6 nitrogen and oxygen atoms in total. The molecular weight excluding hydrogens is 242 g/mol. The van der Waals surface area contributed by atoms with E-state index in [2.05, 4.69) is 5.10 Å². The molecule has 1 heterocycles. The number of hydrogen-bond acceptors (Lipinski definition) is 5. The molecule has 7 heteroatoms. The van der Waals surface area contributed by atoms with Gasteiger partial charge in [-0.15, -0.1) is 0 Å². The van der Waals surface area contributed by atoms with Gasteiger partial charge in [0.25, 0.3) is 5.12 Å². The van der Waals surface area contributed by atoms with E-state index in [4.69, 9.17) is 5.73 Å². The number of rotatable bonds is 3. The van der Waals surface area contributed by atoms with Crippen LogP contribution in [0.15, 0.2) is 6.07 Å². The largest absolute Gasteiger partial charge is 0.384 e.